The summed E-state index contributed by atoms with van der Waals surface area (Å²) in [5.74, 6) is -0.222. The standard InChI is InChI=1S/C16H23N3O3/c1-3-16(13-6-4-12(2)5-7-13)14(20)19(15(21)18-16)9-11-22-10-8-17/h4-7H,3,8-11,17H2,1-2H3,(H,18,21). The van der Waals surface area contributed by atoms with Gasteiger partial charge in [0.05, 0.1) is 19.8 Å². The molecule has 3 N–H and O–H groups in total. The molecule has 6 heteroatoms. The number of nitrogens with one attached hydrogen (secondary N) is 1. The van der Waals surface area contributed by atoms with Gasteiger partial charge in [0.15, 0.2) is 0 Å². The number of nitrogens with two attached hydrogens (primary N) is 1. The highest BCUT2D eigenvalue weighted by atomic mass is 16.5. The lowest BCUT2D eigenvalue weighted by Gasteiger charge is -2.26. The van der Waals surface area contributed by atoms with Crippen LogP contribution in [0.5, 0.6) is 0 Å². The van der Waals surface area contributed by atoms with E-state index in [1.54, 1.807) is 0 Å². The first kappa shape index (κ1) is 16.5. The summed E-state index contributed by atoms with van der Waals surface area (Å²) in [4.78, 5) is 26.2. The molecule has 1 aromatic rings. The first-order valence-electron chi connectivity index (χ1n) is 7.54. The van der Waals surface area contributed by atoms with Gasteiger partial charge in [-0.05, 0) is 18.9 Å². The molecule has 0 aromatic heterocycles. The van der Waals surface area contributed by atoms with Crippen molar-refractivity contribution >= 4 is 11.9 Å². The molecule has 1 unspecified atom stereocenters. The Labute approximate surface area is 130 Å². The molecular formula is C16H23N3O3. The molecule has 6 nitrogen and oxygen atoms in total. The number of carbonyl (C=O) groups is 2. The van der Waals surface area contributed by atoms with Gasteiger partial charge in [0.25, 0.3) is 5.91 Å². The molecule has 1 fully saturated rings. The number of carbonyl (C=O) groups excluding carboxylic acids is 2. The largest absolute Gasteiger partial charge is 0.378 e. The summed E-state index contributed by atoms with van der Waals surface area (Å²) in [6.45, 7) is 5.25. The summed E-state index contributed by atoms with van der Waals surface area (Å²) in [5, 5.41) is 2.85. The first-order valence-corrected chi connectivity index (χ1v) is 7.54. The summed E-state index contributed by atoms with van der Waals surface area (Å²) >= 11 is 0. The monoisotopic (exact) mass is 305 g/mol. The van der Waals surface area contributed by atoms with Crippen LogP contribution in [0.3, 0.4) is 0 Å². The van der Waals surface area contributed by atoms with E-state index in [0.717, 1.165) is 11.1 Å². The van der Waals surface area contributed by atoms with Gasteiger partial charge in [-0.1, -0.05) is 36.8 Å². The molecule has 22 heavy (non-hydrogen) atoms. The lowest BCUT2D eigenvalue weighted by Crippen LogP contribution is -2.43. The Kier molecular flexibility index (Phi) is 5.15. The summed E-state index contributed by atoms with van der Waals surface area (Å²) < 4.78 is 5.27. The van der Waals surface area contributed by atoms with Crippen LogP contribution in [-0.2, 0) is 15.1 Å². The molecule has 1 aliphatic rings. The zero-order chi connectivity index (χ0) is 16.2. The van der Waals surface area contributed by atoms with E-state index in [1.165, 1.54) is 4.90 Å². The highest BCUT2D eigenvalue weighted by Gasteiger charge is 2.50. The fourth-order valence-electron chi connectivity index (χ4n) is 2.65. The maximum atomic E-state index is 12.8. The zero-order valence-electron chi connectivity index (χ0n) is 13.1. The third-order valence-corrected chi connectivity index (χ3v) is 3.97. The molecule has 1 saturated heterocycles. The lowest BCUT2D eigenvalue weighted by molar-refractivity contribution is -0.132. The average Bonchev–Trinajstić information content (AvgIpc) is 2.76. The molecule has 3 amide bonds. The number of hydrogen-bond donors (Lipinski definition) is 2. The summed E-state index contributed by atoms with van der Waals surface area (Å²) in [6.07, 6.45) is 0.501. The van der Waals surface area contributed by atoms with Gasteiger partial charge in [-0.3, -0.25) is 9.69 Å². The number of amides is 3. The van der Waals surface area contributed by atoms with Gasteiger partial charge in [-0.2, -0.15) is 0 Å². The highest BCUT2D eigenvalue weighted by molar-refractivity contribution is 6.07. The van der Waals surface area contributed by atoms with Crippen molar-refractivity contribution < 1.29 is 14.3 Å². The molecule has 0 bridgehead atoms. The van der Waals surface area contributed by atoms with Crippen LogP contribution in [0, 0.1) is 6.92 Å². The van der Waals surface area contributed by atoms with E-state index in [2.05, 4.69) is 5.32 Å². The molecule has 1 aliphatic heterocycles. The maximum absolute atomic E-state index is 12.8. The minimum absolute atomic E-state index is 0.222. The highest BCUT2D eigenvalue weighted by Crippen LogP contribution is 2.32. The number of benzene rings is 1. The van der Waals surface area contributed by atoms with Crippen LogP contribution in [0.25, 0.3) is 0 Å². The molecule has 0 aliphatic carbocycles. The number of urea groups is 1. The van der Waals surface area contributed by atoms with Crippen LogP contribution in [0.1, 0.15) is 24.5 Å². The zero-order valence-corrected chi connectivity index (χ0v) is 13.1. The van der Waals surface area contributed by atoms with Crippen LogP contribution in [-0.4, -0.2) is 43.1 Å². The summed E-state index contributed by atoms with van der Waals surface area (Å²) in [7, 11) is 0. The van der Waals surface area contributed by atoms with E-state index in [9.17, 15) is 9.59 Å². The second-order valence-corrected chi connectivity index (χ2v) is 5.41. The van der Waals surface area contributed by atoms with Gasteiger partial charge in [0.2, 0.25) is 0 Å². The molecular weight excluding hydrogens is 282 g/mol. The normalized spacial score (nSPS) is 21.3. The van der Waals surface area contributed by atoms with E-state index >= 15 is 0 Å². The molecule has 0 saturated carbocycles. The Bertz CT molecular complexity index is 544. The molecule has 0 spiro atoms. The smallest absolute Gasteiger partial charge is 0.325 e. The van der Waals surface area contributed by atoms with Crippen molar-refractivity contribution in [3.05, 3.63) is 35.4 Å². The predicted molar refractivity (Wildman–Crippen MR) is 83.3 cm³/mol. The average molecular weight is 305 g/mol. The van der Waals surface area contributed by atoms with E-state index in [1.807, 2.05) is 38.1 Å². The topological polar surface area (TPSA) is 84.7 Å². The summed E-state index contributed by atoms with van der Waals surface area (Å²) in [6, 6.07) is 7.30. The Morgan fingerprint density at radius 3 is 2.50 bits per heavy atom. The Morgan fingerprint density at radius 1 is 1.23 bits per heavy atom. The van der Waals surface area contributed by atoms with Crippen molar-refractivity contribution in [2.45, 2.75) is 25.8 Å². The number of nitrogens with zero attached hydrogens (tertiary/aromatic N) is 1. The fraction of sp³-hybridized carbons (Fsp3) is 0.500. The Hall–Kier alpha value is -1.92. The molecule has 2 rings (SSSR count). The first-order chi connectivity index (χ1) is 10.5. The van der Waals surface area contributed by atoms with E-state index < -0.39 is 5.54 Å². The van der Waals surface area contributed by atoms with E-state index in [4.69, 9.17) is 10.5 Å². The Balaban J connectivity index is 2.18. The van der Waals surface area contributed by atoms with Gasteiger partial charge in [-0.15, -0.1) is 0 Å². The second-order valence-electron chi connectivity index (χ2n) is 5.41. The molecule has 1 aromatic carbocycles. The number of rotatable bonds is 7. The predicted octanol–water partition coefficient (Wildman–Crippen LogP) is 1.13. The van der Waals surface area contributed by atoms with Crippen LogP contribution in [0.4, 0.5) is 4.79 Å². The summed E-state index contributed by atoms with van der Waals surface area (Å²) in [5.41, 5.74) is 6.29. The Morgan fingerprint density at radius 2 is 1.91 bits per heavy atom. The lowest BCUT2D eigenvalue weighted by atomic mass is 9.87. The van der Waals surface area contributed by atoms with Crippen molar-refractivity contribution in [1.29, 1.82) is 0 Å². The van der Waals surface area contributed by atoms with Crippen LogP contribution in [0.2, 0.25) is 0 Å². The fourth-order valence-corrected chi connectivity index (χ4v) is 2.65. The molecule has 1 heterocycles. The van der Waals surface area contributed by atoms with Crippen molar-refractivity contribution in [2.75, 3.05) is 26.3 Å². The maximum Gasteiger partial charge on any atom is 0.325 e. The van der Waals surface area contributed by atoms with Crippen molar-refractivity contribution in [2.24, 2.45) is 5.73 Å². The van der Waals surface area contributed by atoms with Gasteiger partial charge < -0.3 is 15.8 Å². The van der Waals surface area contributed by atoms with Crippen molar-refractivity contribution in [3.63, 3.8) is 0 Å². The minimum Gasteiger partial charge on any atom is -0.378 e. The quantitative estimate of drug-likeness (QED) is 0.584. The van der Waals surface area contributed by atoms with Crippen molar-refractivity contribution in [1.82, 2.24) is 10.2 Å². The number of aryl methyl sites for hydroxylation is 1. The van der Waals surface area contributed by atoms with Crippen LogP contribution >= 0.6 is 0 Å². The minimum atomic E-state index is -0.974. The van der Waals surface area contributed by atoms with Gasteiger partial charge in [0, 0.05) is 6.54 Å². The molecule has 0 radical (unpaired) electrons. The van der Waals surface area contributed by atoms with Crippen molar-refractivity contribution in [3.8, 4) is 0 Å². The number of ether oxygens (including phenoxy) is 1. The van der Waals surface area contributed by atoms with Gasteiger partial charge in [-0.25, -0.2) is 4.79 Å². The van der Waals surface area contributed by atoms with Gasteiger partial charge >= 0.3 is 6.03 Å². The van der Waals surface area contributed by atoms with Gasteiger partial charge in [0.1, 0.15) is 5.54 Å². The second kappa shape index (κ2) is 6.89. The van der Waals surface area contributed by atoms with E-state index in [0.29, 0.717) is 26.2 Å². The van der Waals surface area contributed by atoms with Crippen LogP contribution in [0.15, 0.2) is 24.3 Å². The molecule has 120 valence electrons. The SMILES string of the molecule is CCC1(c2ccc(C)cc2)NC(=O)N(CCOCCN)C1=O. The third kappa shape index (κ3) is 2.98. The van der Waals surface area contributed by atoms with Crippen LogP contribution < -0.4 is 11.1 Å². The van der Waals surface area contributed by atoms with E-state index in [-0.39, 0.29) is 18.5 Å². The number of hydrogen-bond acceptors (Lipinski definition) is 4. The number of imide groups is 1. The molecule has 1 atom stereocenters. The third-order valence-electron chi connectivity index (χ3n) is 3.97.